The number of rotatable bonds is 2. The first-order chi connectivity index (χ1) is 15.6. The second-order valence-corrected chi connectivity index (χ2v) is 7.55. The number of fused-ring (bicyclic) bond motifs is 3. The summed E-state index contributed by atoms with van der Waals surface area (Å²) in [6.45, 7) is 2.00. The molecule has 2 aromatic heterocycles. The average molecular weight is 409 g/mol. The van der Waals surface area contributed by atoms with Crippen LogP contribution in [0.25, 0.3) is 38.6 Å². The van der Waals surface area contributed by atoms with Crippen molar-refractivity contribution in [3.05, 3.63) is 95.3 Å². The molecule has 0 unspecified atom stereocenters. The Morgan fingerprint density at radius 3 is 1.84 bits per heavy atom. The lowest BCUT2D eigenvalue weighted by molar-refractivity contribution is 1.14. The van der Waals surface area contributed by atoms with Crippen molar-refractivity contribution in [3.63, 3.8) is 0 Å². The molecule has 32 heavy (non-hydrogen) atoms. The Hall–Kier alpha value is -4.92. The van der Waals surface area contributed by atoms with Crippen molar-refractivity contribution in [2.75, 3.05) is 0 Å². The Kier molecular flexibility index (Phi) is 4.41. The third kappa shape index (κ3) is 2.88. The predicted molar refractivity (Wildman–Crippen MR) is 123 cm³/mol. The number of aryl methyl sites for hydroxylation is 1. The molecule has 0 aliphatic heterocycles. The van der Waals surface area contributed by atoms with Gasteiger partial charge in [0.25, 0.3) is 0 Å². The molecular formula is C27H15N5. The fraction of sp³-hybridized carbons (Fsp3) is 0.0370. The third-order valence-electron chi connectivity index (χ3n) is 5.71. The molecule has 0 aliphatic carbocycles. The van der Waals surface area contributed by atoms with Crippen LogP contribution in [0, 0.1) is 40.9 Å². The Bertz CT molecular complexity index is 1580. The molecule has 0 saturated heterocycles. The number of nitrogens with zero attached hydrogens (tertiary/aromatic N) is 5. The van der Waals surface area contributed by atoms with Crippen molar-refractivity contribution in [1.82, 2.24) is 9.55 Å². The third-order valence-corrected chi connectivity index (χ3v) is 5.71. The van der Waals surface area contributed by atoms with Gasteiger partial charge in [-0.2, -0.15) is 15.8 Å². The first kappa shape index (κ1) is 19.1. The molecule has 0 radical (unpaired) electrons. The zero-order valence-electron chi connectivity index (χ0n) is 17.2. The Balaban J connectivity index is 1.89. The molecule has 0 aliphatic rings. The number of hydrogen-bond donors (Lipinski definition) is 0. The summed E-state index contributed by atoms with van der Waals surface area (Å²) < 4.78 is 2.04. The maximum atomic E-state index is 9.92. The first-order valence-electron chi connectivity index (χ1n) is 9.98. The van der Waals surface area contributed by atoms with E-state index in [0.29, 0.717) is 16.7 Å². The molecule has 0 N–H and O–H groups in total. The van der Waals surface area contributed by atoms with Crippen LogP contribution in [0.2, 0.25) is 0 Å². The topological polar surface area (TPSA) is 89.2 Å². The molecule has 5 heteroatoms. The highest BCUT2D eigenvalue weighted by Gasteiger charge is 2.17. The van der Waals surface area contributed by atoms with Crippen molar-refractivity contribution in [2.45, 2.75) is 6.92 Å². The summed E-state index contributed by atoms with van der Waals surface area (Å²) in [5.74, 6) is 0. The minimum atomic E-state index is 0.541. The molecule has 3 aromatic carbocycles. The van der Waals surface area contributed by atoms with E-state index in [0.717, 1.165) is 44.2 Å². The van der Waals surface area contributed by atoms with Crippen LogP contribution in [-0.2, 0) is 0 Å². The summed E-state index contributed by atoms with van der Waals surface area (Å²) in [6.07, 6.45) is 3.42. The van der Waals surface area contributed by atoms with E-state index < -0.39 is 0 Å². The van der Waals surface area contributed by atoms with Gasteiger partial charge in [0.1, 0.15) is 0 Å². The normalized spacial score (nSPS) is 10.6. The predicted octanol–water partition coefficient (Wildman–Crippen LogP) is 5.77. The quantitative estimate of drug-likeness (QED) is 0.370. The summed E-state index contributed by atoms with van der Waals surface area (Å²) in [5.41, 5.74) is 6.93. The van der Waals surface area contributed by atoms with E-state index >= 15 is 0 Å². The van der Waals surface area contributed by atoms with Crippen molar-refractivity contribution in [1.29, 1.82) is 15.8 Å². The van der Waals surface area contributed by atoms with Crippen LogP contribution in [0.1, 0.15) is 22.3 Å². The molecule has 0 fully saturated rings. The summed E-state index contributed by atoms with van der Waals surface area (Å²) in [5, 5.41) is 30.8. The van der Waals surface area contributed by atoms with E-state index in [1.54, 1.807) is 24.5 Å². The maximum Gasteiger partial charge on any atom is 0.0998 e. The van der Waals surface area contributed by atoms with E-state index in [-0.39, 0.29) is 0 Å². The number of pyridine rings is 1. The lowest BCUT2D eigenvalue weighted by Crippen LogP contribution is -2.00. The van der Waals surface area contributed by atoms with E-state index in [4.69, 9.17) is 0 Å². The molecule has 0 atom stereocenters. The minimum Gasteiger partial charge on any atom is -0.309 e. The smallest absolute Gasteiger partial charge is 0.0998 e. The highest BCUT2D eigenvalue weighted by molar-refractivity contribution is 6.10. The molecule has 0 saturated carbocycles. The van der Waals surface area contributed by atoms with Crippen molar-refractivity contribution in [3.8, 4) is 35.0 Å². The summed E-state index contributed by atoms with van der Waals surface area (Å²) in [7, 11) is 0. The van der Waals surface area contributed by atoms with Gasteiger partial charge in [-0.15, -0.1) is 0 Å². The van der Waals surface area contributed by atoms with Gasteiger partial charge in [0.15, 0.2) is 0 Å². The summed E-state index contributed by atoms with van der Waals surface area (Å²) in [4.78, 5) is 4.07. The van der Waals surface area contributed by atoms with E-state index in [1.165, 1.54) is 0 Å². The zero-order chi connectivity index (χ0) is 22.2. The molecule has 5 nitrogen and oxygen atoms in total. The average Bonchev–Trinajstić information content (AvgIpc) is 3.16. The van der Waals surface area contributed by atoms with Gasteiger partial charge in [0.05, 0.1) is 51.6 Å². The maximum absolute atomic E-state index is 9.92. The second kappa shape index (κ2) is 7.40. The van der Waals surface area contributed by atoms with Crippen molar-refractivity contribution < 1.29 is 0 Å². The fourth-order valence-corrected chi connectivity index (χ4v) is 4.22. The highest BCUT2D eigenvalue weighted by atomic mass is 15.0. The Labute approximate surface area is 184 Å². The second-order valence-electron chi connectivity index (χ2n) is 7.55. The molecule has 5 rings (SSSR count). The number of benzene rings is 3. The number of nitriles is 3. The van der Waals surface area contributed by atoms with Crippen LogP contribution in [-0.4, -0.2) is 9.55 Å². The molecule has 2 heterocycles. The van der Waals surface area contributed by atoms with Gasteiger partial charge in [-0.3, -0.25) is 4.98 Å². The van der Waals surface area contributed by atoms with E-state index in [2.05, 4.69) is 23.2 Å². The Morgan fingerprint density at radius 2 is 1.31 bits per heavy atom. The lowest BCUT2D eigenvalue weighted by Gasteiger charge is -2.15. The van der Waals surface area contributed by atoms with Crippen LogP contribution >= 0.6 is 0 Å². The van der Waals surface area contributed by atoms with Crippen LogP contribution in [0.4, 0.5) is 0 Å². The molecule has 0 spiro atoms. The molecular weight excluding hydrogens is 394 g/mol. The van der Waals surface area contributed by atoms with Gasteiger partial charge >= 0.3 is 0 Å². The Morgan fingerprint density at radius 1 is 0.719 bits per heavy atom. The molecule has 5 aromatic rings. The van der Waals surface area contributed by atoms with E-state index in [9.17, 15) is 15.8 Å². The van der Waals surface area contributed by atoms with Gasteiger partial charge in [0, 0.05) is 23.2 Å². The summed E-state index contributed by atoms with van der Waals surface area (Å²) >= 11 is 0. The number of hydrogen-bond acceptors (Lipinski definition) is 4. The lowest BCUT2D eigenvalue weighted by atomic mass is 9.97. The summed E-state index contributed by atoms with van der Waals surface area (Å²) in [6, 6.07) is 25.6. The largest absolute Gasteiger partial charge is 0.309 e. The monoisotopic (exact) mass is 409 g/mol. The van der Waals surface area contributed by atoms with Crippen LogP contribution in [0.3, 0.4) is 0 Å². The minimum absolute atomic E-state index is 0.541. The zero-order valence-corrected chi connectivity index (χ0v) is 17.2. The standard InChI is InChI=1S/C27H15N5/c1-17-10-24(20-6-8-31-9-7-20)21(16-30)13-25(17)32-26-11-18(14-28)2-4-22(26)23-5-3-19(15-29)12-27(23)32/h2-13H,1H3. The molecule has 148 valence electrons. The number of aromatic nitrogens is 2. The van der Waals surface area contributed by atoms with Gasteiger partial charge in [-0.05, 0) is 72.1 Å². The highest BCUT2D eigenvalue weighted by Crippen LogP contribution is 2.36. The van der Waals surface area contributed by atoms with Gasteiger partial charge in [-0.25, -0.2) is 0 Å². The van der Waals surface area contributed by atoms with Crippen LogP contribution < -0.4 is 0 Å². The molecule has 0 bridgehead atoms. The van der Waals surface area contributed by atoms with Gasteiger partial charge in [0.2, 0.25) is 0 Å². The van der Waals surface area contributed by atoms with Crippen molar-refractivity contribution >= 4 is 21.8 Å². The fourth-order valence-electron chi connectivity index (χ4n) is 4.22. The van der Waals surface area contributed by atoms with Gasteiger partial charge in [-0.1, -0.05) is 12.1 Å². The van der Waals surface area contributed by atoms with Crippen LogP contribution in [0.15, 0.2) is 73.1 Å². The van der Waals surface area contributed by atoms with E-state index in [1.807, 2.05) is 60.0 Å². The van der Waals surface area contributed by atoms with Gasteiger partial charge < -0.3 is 4.57 Å². The molecule has 0 amide bonds. The first-order valence-corrected chi connectivity index (χ1v) is 9.98. The van der Waals surface area contributed by atoms with Crippen LogP contribution in [0.5, 0.6) is 0 Å². The SMILES string of the molecule is Cc1cc(-c2ccncc2)c(C#N)cc1-n1c2cc(C#N)ccc2c2ccc(C#N)cc21. The van der Waals surface area contributed by atoms with Crippen molar-refractivity contribution in [2.24, 2.45) is 0 Å².